The minimum absolute atomic E-state index is 0.0539. The first-order chi connectivity index (χ1) is 8.27. The number of rotatable bonds is 2. The Kier molecular flexibility index (Phi) is 4.33. The molecule has 18 heavy (non-hydrogen) atoms. The molecule has 0 radical (unpaired) electrons. The molecule has 7 heteroatoms. The number of thiocarbonyl (C=S) groups is 1. The third kappa shape index (κ3) is 3.22. The zero-order valence-electron chi connectivity index (χ0n) is 8.75. The van der Waals surface area contributed by atoms with Crippen molar-refractivity contribution in [3.63, 3.8) is 0 Å². The number of nitriles is 1. The second-order valence-corrected chi connectivity index (χ2v) is 4.09. The van der Waals surface area contributed by atoms with Gasteiger partial charge >= 0.3 is 6.18 Å². The van der Waals surface area contributed by atoms with Gasteiger partial charge in [-0.2, -0.15) is 18.4 Å². The summed E-state index contributed by atoms with van der Waals surface area (Å²) in [7, 11) is 0. The van der Waals surface area contributed by atoms with Gasteiger partial charge in [0.15, 0.2) is 0 Å². The first-order valence-corrected chi connectivity index (χ1v) is 5.33. The zero-order valence-corrected chi connectivity index (χ0v) is 10.3. The summed E-state index contributed by atoms with van der Waals surface area (Å²) in [5, 5.41) is 8.33. The molecule has 0 amide bonds. The van der Waals surface area contributed by atoms with Crippen molar-refractivity contribution in [3.05, 3.63) is 40.4 Å². The molecular formula is C11H6ClF3N2S. The normalized spacial score (nSPS) is 12.1. The predicted octanol–water partition coefficient (Wildman–Crippen LogP) is 3.55. The van der Waals surface area contributed by atoms with Crippen molar-refractivity contribution >= 4 is 34.4 Å². The minimum Gasteiger partial charge on any atom is -0.390 e. The van der Waals surface area contributed by atoms with Crippen molar-refractivity contribution in [2.75, 3.05) is 0 Å². The Bertz CT molecular complexity index is 558. The molecule has 0 aliphatic heterocycles. The van der Waals surface area contributed by atoms with Crippen LogP contribution >= 0.6 is 23.8 Å². The fraction of sp³-hybridized carbons (Fsp3) is 0.0909. The summed E-state index contributed by atoms with van der Waals surface area (Å²) in [6, 6.07) is 5.00. The summed E-state index contributed by atoms with van der Waals surface area (Å²) in [4.78, 5) is -0.111. The maximum Gasteiger partial charge on any atom is 0.417 e. The average Bonchev–Trinajstić information content (AvgIpc) is 2.24. The molecule has 0 heterocycles. The summed E-state index contributed by atoms with van der Waals surface area (Å²) in [6.45, 7) is 0. The number of halogens is 4. The lowest BCUT2D eigenvalue weighted by Crippen LogP contribution is -2.08. The fourth-order valence-electron chi connectivity index (χ4n) is 1.27. The van der Waals surface area contributed by atoms with Gasteiger partial charge in [0.05, 0.1) is 27.2 Å². The van der Waals surface area contributed by atoms with E-state index in [9.17, 15) is 13.2 Å². The van der Waals surface area contributed by atoms with Gasteiger partial charge in [0.2, 0.25) is 0 Å². The third-order valence-corrected chi connectivity index (χ3v) is 2.53. The van der Waals surface area contributed by atoms with Crippen LogP contribution in [0.3, 0.4) is 0 Å². The molecule has 0 unspecified atom stereocenters. The Hall–Kier alpha value is -1.58. The highest BCUT2D eigenvalue weighted by Gasteiger charge is 2.34. The smallest absolute Gasteiger partial charge is 0.390 e. The molecule has 0 spiro atoms. The van der Waals surface area contributed by atoms with Crippen molar-refractivity contribution < 1.29 is 13.2 Å². The number of nitrogens with two attached hydrogens (primary N) is 1. The Balaban J connectivity index is 3.45. The van der Waals surface area contributed by atoms with Crippen LogP contribution in [0.4, 0.5) is 13.2 Å². The first-order valence-electron chi connectivity index (χ1n) is 4.54. The van der Waals surface area contributed by atoms with Crippen LogP contribution in [0.1, 0.15) is 11.1 Å². The van der Waals surface area contributed by atoms with Gasteiger partial charge in [-0.25, -0.2) is 0 Å². The first kappa shape index (κ1) is 14.5. The van der Waals surface area contributed by atoms with Crippen LogP contribution < -0.4 is 5.73 Å². The Labute approximate surface area is 111 Å². The van der Waals surface area contributed by atoms with Gasteiger partial charge < -0.3 is 5.73 Å². The molecule has 0 saturated carbocycles. The molecule has 0 fully saturated rings. The highest BCUT2D eigenvalue weighted by Crippen LogP contribution is 2.38. The minimum atomic E-state index is -4.59. The van der Waals surface area contributed by atoms with E-state index in [0.29, 0.717) is 0 Å². The highest BCUT2D eigenvalue weighted by molar-refractivity contribution is 7.80. The Morgan fingerprint density at radius 2 is 2.06 bits per heavy atom. The summed E-state index contributed by atoms with van der Waals surface area (Å²) in [6.07, 6.45) is -3.49. The van der Waals surface area contributed by atoms with Crippen LogP contribution in [-0.4, -0.2) is 4.99 Å². The van der Waals surface area contributed by atoms with Gasteiger partial charge in [-0.1, -0.05) is 36.0 Å². The maximum atomic E-state index is 12.6. The van der Waals surface area contributed by atoms with E-state index in [0.717, 1.165) is 18.2 Å². The average molecular weight is 291 g/mol. The van der Waals surface area contributed by atoms with Gasteiger partial charge in [0, 0.05) is 5.56 Å². The summed E-state index contributed by atoms with van der Waals surface area (Å²) < 4.78 is 37.9. The van der Waals surface area contributed by atoms with E-state index in [1.807, 2.05) is 0 Å². The predicted molar refractivity (Wildman–Crippen MR) is 66.8 cm³/mol. The molecule has 94 valence electrons. The topological polar surface area (TPSA) is 49.8 Å². The molecule has 1 aromatic carbocycles. The van der Waals surface area contributed by atoms with Crippen LogP contribution in [0.25, 0.3) is 5.57 Å². The van der Waals surface area contributed by atoms with Gasteiger partial charge in [-0.3, -0.25) is 0 Å². The van der Waals surface area contributed by atoms with E-state index in [1.165, 1.54) is 6.07 Å². The molecular weight excluding hydrogens is 285 g/mol. The Morgan fingerprint density at radius 3 is 2.50 bits per heavy atom. The number of hydrogen-bond acceptors (Lipinski definition) is 2. The molecule has 0 aliphatic carbocycles. The van der Waals surface area contributed by atoms with Crippen LogP contribution in [0.5, 0.6) is 0 Å². The summed E-state index contributed by atoms with van der Waals surface area (Å²) in [5.41, 5.74) is 4.04. The van der Waals surface area contributed by atoms with Crippen LogP contribution in [0.2, 0.25) is 5.02 Å². The lowest BCUT2D eigenvalue weighted by Gasteiger charge is -2.11. The van der Waals surface area contributed by atoms with Crippen molar-refractivity contribution in [2.24, 2.45) is 5.73 Å². The number of allylic oxidation sites excluding steroid dienone is 1. The standard InChI is InChI=1S/C11H6ClF3N2S/c12-10-7(6(5-16)4-9(17)18)2-1-3-8(10)11(13,14)15/h1-4H,(H2,17,18). The molecule has 2 nitrogen and oxygen atoms in total. The molecule has 0 saturated heterocycles. The number of alkyl halides is 3. The SMILES string of the molecule is N#CC(=CC(N)=S)c1cccc(C(F)(F)F)c1Cl. The quantitative estimate of drug-likeness (QED) is 0.515. The van der Waals surface area contributed by atoms with E-state index in [1.54, 1.807) is 6.07 Å². The van der Waals surface area contributed by atoms with Crippen LogP contribution in [-0.2, 0) is 6.18 Å². The number of benzene rings is 1. The molecule has 0 bridgehead atoms. The summed E-state index contributed by atoms with van der Waals surface area (Å²) >= 11 is 10.2. The van der Waals surface area contributed by atoms with E-state index < -0.39 is 16.8 Å². The van der Waals surface area contributed by atoms with E-state index in [2.05, 4.69) is 12.2 Å². The van der Waals surface area contributed by atoms with Crippen molar-refractivity contribution in [3.8, 4) is 6.07 Å². The highest BCUT2D eigenvalue weighted by atomic mass is 35.5. The van der Waals surface area contributed by atoms with Crippen molar-refractivity contribution in [1.82, 2.24) is 0 Å². The van der Waals surface area contributed by atoms with Crippen molar-refractivity contribution in [1.29, 1.82) is 5.26 Å². The van der Waals surface area contributed by atoms with E-state index >= 15 is 0 Å². The monoisotopic (exact) mass is 290 g/mol. The third-order valence-electron chi connectivity index (χ3n) is 2.00. The van der Waals surface area contributed by atoms with Gasteiger partial charge in [-0.15, -0.1) is 0 Å². The fourth-order valence-corrected chi connectivity index (χ4v) is 1.72. The second kappa shape index (κ2) is 5.38. The zero-order chi connectivity index (χ0) is 13.9. The molecule has 1 rings (SSSR count). The second-order valence-electron chi connectivity index (χ2n) is 3.24. The molecule has 0 aliphatic rings. The lowest BCUT2D eigenvalue weighted by atomic mass is 10.0. The van der Waals surface area contributed by atoms with Crippen LogP contribution in [0, 0.1) is 11.3 Å². The molecule has 0 aromatic heterocycles. The maximum absolute atomic E-state index is 12.6. The lowest BCUT2D eigenvalue weighted by molar-refractivity contribution is -0.137. The largest absolute Gasteiger partial charge is 0.417 e. The van der Waals surface area contributed by atoms with Crippen molar-refractivity contribution in [2.45, 2.75) is 6.18 Å². The summed E-state index contributed by atoms with van der Waals surface area (Å²) in [5.74, 6) is 0. The number of hydrogen-bond donors (Lipinski definition) is 1. The molecule has 2 N–H and O–H groups in total. The molecule has 1 aromatic rings. The van der Waals surface area contributed by atoms with Gasteiger partial charge in [-0.05, 0) is 12.1 Å². The van der Waals surface area contributed by atoms with Gasteiger partial charge in [0.1, 0.15) is 0 Å². The van der Waals surface area contributed by atoms with Crippen LogP contribution in [0.15, 0.2) is 24.3 Å². The Morgan fingerprint density at radius 1 is 1.44 bits per heavy atom. The molecule has 0 atom stereocenters. The number of nitrogens with zero attached hydrogens (tertiary/aromatic N) is 1. The van der Waals surface area contributed by atoms with E-state index in [-0.39, 0.29) is 16.1 Å². The van der Waals surface area contributed by atoms with Gasteiger partial charge in [0.25, 0.3) is 0 Å². The van der Waals surface area contributed by atoms with E-state index in [4.69, 9.17) is 22.6 Å².